The summed E-state index contributed by atoms with van der Waals surface area (Å²) < 4.78 is 5.07. The third-order valence-corrected chi connectivity index (χ3v) is 2.77. The predicted molar refractivity (Wildman–Crippen MR) is 59.9 cm³/mol. The lowest BCUT2D eigenvalue weighted by Crippen LogP contribution is -2.49. The lowest BCUT2D eigenvalue weighted by Gasteiger charge is -2.35. The van der Waals surface area contributed by atoms with Crippen molar-refractivity contribution in [2.75, 3.05) is 33.4 Å². The number of urea groups is 1. The number of methoxy groups -OCH3 is 1. The maximum Gasteiger partial charge on any atom is 0.317 e. The van der Waals surface area contributed by atoms with Crippen molar-refractivity contribution in [2.24, 2.45) is 5.41 Å². The number of rotatable bonds is 5. The van der Waals surface area contributed by atoms with E-state index in [2.05, 4.69) is 19.2 Å². The molecular formula is C11H22N2O2. The summed E-state index contributed by atoms with van der Waals surface area (Å²) in [5.41, 5.74) is 0.130. The normalized spacial score (nSPS) is 17.8. The molecular weight excluding hydrogens is 192 g/mol. The number of hydrogen-bond acceptors (Lipinski definition) is 2. The summed E-state index contributed by atoms with van der Waals surface area (Å²) in [4.78, 5) is 13.4. The van der Waals surface area contributed by atoms with Crippen molar-refractivity contribution in [3.63, 3.8) is 0 Å². The predicted octanol–water partition coefficient (Wildman–Crippen LogP) is 1.46. The molecule has 0 aromatic carbocycles. The van der Waals surface area contributed by atoms with Gasteiger partial charge in [0.1, 0.15) is 0 Å². The van der Waals surface area contributed by atoms with Gasteiger partial charge in [-0.2, -0.15) is 0 Å². The van der Waals surface area contributed by atoms with E-state index in [1.54, 1.807) is 7.11 Å². The Bertz CT molecular complexity index is 217. The molecule has 0 bridgehead atoms. The molecule has 1 heterocycles. The monoisotopic (exact) mass is 214 g/mol. The van der Waals surface area contributed by atoms with Crippen LogP contribution in [0, 0.1) is 5.41 Å². The Morgan fingerprint density at radius 1 is 1.53 bits per heavy atom. The lowest BCUT2D eigenvalue weighted by molar-refractivity contribution is 0.116. The minimum Gasteiger partial charge on any atom is -0.385 e. The van der Waals surface area contributed by atoms with Gasteiger partial charge in [-0.1, -0.05) is 13.8 Å². The van der Waals surface area contributed by atoms with E-state index >= 15 is 0 Å². The fraction of sp³-hybridized carbons (Fsp3) is 0.909. The van der Waals surface area contributed by atoms with Gasteiger partial charge in [0.15, 0.2) is 0 Å². The van der Waals surface area contributed by atoms with Crippen molar-refractivity contribution in [3.05, 3.63) is 0 Å². The molecule has 4 heteroatoms. The summed E-state index contributed by atoms with van der Waals surface area (Å²) in [6, 6.07) is 0.0757. The van der Waals surface area contributed by atoms with Crippen LogP contribution < -0.4 is 5.32 Å². The molecule has 1 N–H and O–H groups in total. The maximum absolute atomic E-state index is 11.5. The molecule has 0 radical (unpaired) electrons. The van der Waals surface area contributed by atoms with Gasteiger partial charge in [0.05, 0.1) is 0 Å². The van der Waals surface area contributed by atoms with Crippen LogP contribution in [0.25, 0.3) is 0 Å². The standard InChI is InChI=1S/C11H22N2O2/c1-11(2,5-8-15-3)9-13-7-4-6-12-10(13)14/h4-9H2,1-3H3,(H,12,14). The molecule has 0 unspecified atom stereocenters. The molecule has 1 aliphatic rings. The minimum atomic E-state index is 0.0757. The third-order valence-electron chi connectivity index (χ3n) is 2.77. The molecule has 2 amide bonds. The van der Waals surface area contributed by atoms with Gasteiger partial charge in [0.25, 0.3) is 0 Å². The Morgan fingerprint density at radius 3 is 2.87 bits per heavy atom. The van der Waals surface area contributed by atoms with Gasteiger partial charge in [-0.05, 0) is 18.3 Å². The molecule has 88 valence electrons. The van der Waals surface area contributed by atoms with Gasteiger partial charge in [0, 0.05) is 33.4 Å². The highest BCUT2D eigenvalue weighted by molar-refractivity contribution is 5.74. The summed E-state index contributed by atoms with van der Waals surface area (Å²) >= 11 is 0. The van der Waals surface area contributed by atoms with E-state index in [-0.39, 0.29) is 11.4 Å². The Balaban J connectivity index is 2.40. The zero-order valence-corrected chi connectivity index (χ0v) is 10.0. The first kappa shape index (κ1) is 12.3. The topological polar surface area (TPSA) is 41.6 Å². The Kier molecular flexibility index (Phi) is 4.39. The summed E-state index contributed by atoms with van der Waals surface area (Å²) in [5.74, 6) is 0. The number of ether oxygens (including phenoxy) is 1. The molecule has 15 heavy (non-hydrogen) atoms. The second-order valence-electron chi connectivity index (χ2n) is 4.91. The molecule has 1 rings (SSSR count). The molecule has 1 saturated heterocycles. The van der Waals surface area contributed by atoms with E-state index in [9.17, 15) is 4.79 Å². The van der Waals surface area contributed by atoms with Crippen LogP contribution in [-0.2, 0) is 4.74 Å². The van der Waals surface area contributed by atoms with Gasteiger partial charge in [-0.3, -0.25) is 0 Å². The molecule has 1 aliphatic heterocycles. The van der Waals surface area contributed by atoms with E-state index in [0.29, 0.717) is 0 Å². The average molecular weight is 214 g/mol. The zero-order chi connectivity index (χ0) is 11.3. The first-order valence-corrected chi connectivity index (χ1v) is 5.57. The fourth-order valence-electron chi connectivity index (χ4n) is 1.80. The average Bonchev–Trinajstić information content (AvgIpc) is 2.18. The molecule has 4 nitrogen and oxygen atoms in total. The Labute approximate surface area is 92.0 Å². The second kappa shape index (κ2) is 5.35. The van der Waals surface area contributed by atoms with Crippen LogP contribution in [0.5, 0.6) is 0 Å². The second-order valence-corrected chi connectivity index (χ2v) is 4.91. The number of carbonyl (C=O) groups is 1. The van der Waals surface area contributed by atoms with Crippen molar-refractivity contribution < 1.29 is 9.53 Å². The van der Waals surface area contributed by atoms with Gasteiger partial charge < -0.3 is 15.0 Å². The van der Waals surface area contributed by atoms with Gasteiger partial charge in [-0.15, -0.1) is 0 Å². The summed E-state index contributed by atoms with van der Waals surface area (Å²) in [5, 5.41) is 2.87. The lowest BCUT2D eigenvalue weighted by atomic mass is 9.89. The number of nitrogens with zero attached hydrogens (tertiary/aromatic N) is 1. The minimum absolute atomic E-state index is 0.0757. The summed E-state index contributed by atoms with van der Waals surface area (Å²) in [6.45, 7) is 7.60. The molecule has 0 aromatic rings. The third kappa shape index (κ3) is 4.08. The Hall–Kier alpha value is -0.770. The fourth-order valence-corrected chi connectivity index (χ4v) is 1.80. The number of nitrogens with one attached hydrogen (secondary N) is 1. The highest BCUT2D eigenvalue weighted by Crippen LogP contribution is 2.22. The quantitative estimate of drug-likeness (QED) is 0.753. The van der Waals surface area contributed by atoms with Crippen molar-refractivity contribution in [3.8, 4) is 0 Å². The number of amides is 2. The molecule has 0 spiro atoms. The number of hydrogen-bond donors (Lipinski definition) is 1. The van der Waals surface area contributed by atoms with Crippen LogP contribution in [0.3, 0.4) is 0 Å². The van der Waals surface area contributed by atoms with Crippen LogP contribution >= 0.6 is 0 Å². The van der Waals surface area contributed by atoms with Crippen molar-refractivity contribution in [1.82, 2.24) is 10.2 Å². The highest BCUT2D eigenvalue weighted by Gasteiger charge is 2.26. The van der Waals surface area contributed by atoms with Crippen LogP contribution in [0.2, 0.25) is 0 Å². The van der Waals surface area contributed by atoms with Gasteiger partial charge in [0.2, 0.25) is 0 Å². The highest BCUT2D eigenvalue weighted by atomic mass is 16.5. The molecule has 1 fully saturated rings. The number of carbonyl (C=O) groups excluding carboxylic acids is 1. The van der Waals surface area contributed by atoms with Crippen molar-refractivity contribution in [2.45, 2.75) is 26.7 Å². The molecule has 0 atom stereocenters. The Morgan fingerprint density at radius 2 is 2.27 bits per heavy atom. The summed E-state index contributed by atoms with van der Waals surface area (Å²) in [7, 11) is 1.71. The van der Waals surface area contributed by atoms with Crippen LogP contribution in [0.15, 0.2) is 0 Å². The van der Waals surface area contributed by atoms with Gasteiger partial charge >= 0.3 is 6.03 Å². The van der Waals surface area contributed by atoms with Gasteiger partial charge in [-0.25, -0.2) is 4.79 Å². The maximum atomic E-state index is 11.5. The largest absolute Gasteiger partial charge is 0.385 e. The molecule has 0 aliphatic carbocycles. The van der Waals surface area contributed by atoms with Crippen molar-refractivity contribution >= 4 is 6.03 Å². The first-order chi connectivity index (χ1) is 7.05. The van der Waals surface area contributed by atoms with E-state index < -0.39 is 0 Å². The van der Waals surface area contributed by atoms with E-state index in [1.807, 2.05) is 4.90 Å². The smallest absolute Gasteiger partial charge is 0.317 e. The SMILES string of the molecule is COCCC(C)(C)CN1CCCNC1=O. The van der Waals surface area contributed by atoms with Crippen LogP contribution in [-0.4, -0.2) is 44.3 Å². The van der Waals surface area contributed by atoms with Crippen LogP contribution in [0.1, 0.15) is 26.7 Å². The van der Waals surface area contributed by atoms with Crippen LogP contribution in [0.4, 0.5) is 4.79 Å². The first-order valence-electron chi connectivity index (χ1n) is 5.57. The molecule has 0 saturated carbocycles. The van der Waals surface area contributed by atoms with Crippen molar-refractivity contribution in [1.29, 1.82) is 0 Å². The summed E-state index contributed by atoms with van der Waals surface area (Å²) in [6.07, 6.45) is 2.03. The zero-order valence-electron chi connectivity index (χ0n) is 10.0. The van der Waals surface area contributed by atoms with E-state index in [1.165, 1.54) is 0 Å². The molecule has 0 aromatic heterocycles. The van der Waals surface area contributed by atoms with E-state index in [0.717, 1.165) is 39.1 Å². The van der Waals surface area contributed by atoms with E-state index in [4.69, 9.17) is 4.74 Å².